The van der Waals surface area contributed by atoms with Crippen molar-refractivity contribution >= 4 is 23.2 Å². The first-order chi connectivity index (χ1) is 14.0. The molecule has 0 saturated heterocycles. The average molecular weight is 386 g/mol. The standard InChI is InChI=1S/C24H22N2O3/c1-15(12-17-8-4-3-5-9-17)20-14-21(23-22(27)13-16(2)29-24(23)28)26-19-11-7-6-10-18(19)25-20/h3-13,20,25,27H,14H2,1-2H3/b15-12+/t20-/m1/s1. The Hall–Kier alpha value is -3.60. The molecule has 0 amide bonds. The Morgan fingerprint density at radius 2 is 1.90 bits per heavy atom. The summed E-state index contributed by atoms with van der Waals surface area (Å²) >= 11 is 0. The van der Waals surface area contributed by atoms with Crippen LogP contribution in [0.4, 0.5) is 11.4 Å². The summed E-state index contributed by atoms with van der Waals surface area (Å²) in [6.07, 6.45) is 2.55. The lowest BCUT2D eigenvalue weighted by atomic mass is 9.97. The third-order valence-electron chi connectivity index (χ3n) is 4.97. The van der Waals surface area contributed by atoms with Gasteiger partial charge in [-0.05, 0) is 31.5 Å². The van der Waals surface area contributed by atoms with Crippen LogP contribution >= 0.6 is 0 Å². The number of hydrogen-bond acceptors (Lipinski definition) is 5. The molecule has 0 unspecified atom stereocenters. The van der Waals surface area contributed by atoms with E-state index in [1.807, 2.05) is 61.5 Å². The van der Waals surface area contributed by atoms with Crippen molar-refractivity contribution in [3.8, 4) is 5.75 Å². The van der Waals surface area contributed by atoms with Crippen LogP contribution in [-0.4, -0.2) is 16.9 Å². The minimum atomic E-state index is -0.580. The van der Waals surface area contributed by atoms with E-state index in [1.165, 1.54) is 6.07 Å². The number of aryl methyl sites for hydroxylation is 1. The third-order valence-corrected chi connectivity index (χ3v) is 4.97. The predicted molar refractivity (Wildman–Crippen MR) is 116 cm³/mol. The number of fused-ring (bicyclic) bond motifs is 1. The van der Waals surface area contributed by atoms with Crippen molar-refractivity contribution in [3.63, 3.8) is 0 Å². The van der Waals surface area contributed by atoms with E-state index in [0.29, 0.717) is 17.9 Å². The highest BCUT2D eigenvalue weighted by molar-refractivity contribution is 6.05. The molecule has 0 fully saturated rings. The molecule has 146 valence electrons. The number of rotatable bonds is 3. The molecule has 0 saturated carbocycles. The normalized spacial score (nSPS) is 16.4. The molecular weight excluding hydrogens is 364 g/mol. The number of aliphatic imine (C=N–C) groups is 1. The molecule has 2 N–H and O–H groups in total. The third kappa shape index (κ3) is 3.99. The molecule has 3 aromatic rings. The predicted octanol–water partition coefficient (Wildman–Crippen LogP) is 5.06. The monoisotopic (exact) mass is 386 g/mol. The lowest BCUT2D eigenvalue weighted by Crippen LogP contribution is -2.26. The van der Waals surface area contributed by atoms with Crippen LogP contribution in [0.15, 0.2) is 80.4 Å². The van der Waals surface area contributed by atoms with Crippen molar-refractivity contribution in [1.82, 2.24) is 0 Å². The Kier molecular flexibility index (Phi) is 5.04. The van der Waals surface area contributed by atoms with E-state index in [-0.39, 0.29) is 17.4 Å². The van der Waals surface area contributed by atoms with Gasteiger partial charge in [-0.3, -0.25) is 4.99 Å². The maximum Gasteiger partial charge on any atom is 0.348 e. The van der Waals surface area contributed by atoms with E-state index in [1.54, 1.807) is 6.92 Å². The Balaban J connectivity index is 1.81. The van der Waals surface area contributed by atoms with Gasteiger partial charge in [0.2, 0.25) is 0 Å². The molecule has 4 rings (SSSR count). The van der Waals surface area contributed by atoms with Crippen LogP contribution in [0, 0.1) is 6.92 Å². The zero-order valence-electron chi connectivity index (χ0n) is 16.3. The number of benzene rings is 2. The Bertz CT molecular complexity index is 1160. The van der Waals surface area contributed by atoms with Crippen molar-refractivity contribution in [2.24, 2.45) is 4.99 Å². The van der Waals surface area contributed by atoms with E-state index in [2.05, 4.69) is 11.4 Å². The second kappa shape index (κ2) is 7.80. The number of nitrogens with zero attached hydrogens (tertiary/aromatic N) is 1. The Labute approximate surface area is 169 Å². The van der Waals surface area contributed by atoms with Crippen molar-refractivity contribution in [2.75, 3.05) is 5.32 Å². The second-order valence-electron chi connectivity index (χ2n) is 7.18. The van der Waals surface area contributed by atoms with Gasteiger partial charge in [0.25, 0.3) is 0 Å². The van der Waals surface area contributed by atoms with Gasteiger partial charge in [0.1, 0.15) is 17.1 Å². The molecule has 1 atom stereocenters. The fourth-order valence-electron chi connectivity index (χ4n) is 3.52. The summed E-state index contributed by atoms with van der Waals surface area (Å²) in [5.41, 5.74) is 3.83. The number of aromatic hydroxyl groups is 1. The van der Waals surface area contributed by atoms with Gasteiger partial charge in [-0.1, -0.05) is 54.1 Å². The lowest BCUT2D eigenvalue weighted by Gasteiger charge is -2.20. The first kappa shape index (κ1) is 18.7. The average Bonchev–Trinajstić information content (AvgIpc) is 2.87. The molecule has 0 bridgehead atoms. The summed E-state index contributed by atoms with van der Waals surface area (Å²) in [5.74, 6) is 0.251. The second-order valence-corrected chi connectivity index (χ2v) is 7.18. The first-order valence-electron chi connectivity index (χ1n) is 9.52. The van der Waals surface area contributed by atoms with Crippen LogP contribution in [0.3, 0.4) is 0 Å². The van der Waals surface area contributed by atoms with Crippen LogP contribution in [0.1, 0.15) is 30.2 Å². The quantitative estimate of drug-likeness (QED) is 0.660. The minimum Gasteiger partial charge on any atom is -0.507 e. The largest absolute Gasteiger partial charge is 0.507 e. The van der Waals surface area contributed by atoms with Crippen molar-refractivity contribution < 1.29 is 9.52 Å². The van der Waals surface area contributed by atoms with Gasteiger partial charge in [0.05, 0.1) is 23.1 Å². The Morgan fingerprint density at radius 3 is 2.66 bits per heavy atom. The number of nitrogens with one attached hydrogen (secondary N) is 1. The fraction of sp³-hybridized carbons (Fsp3) is 0.167. The molecule has 5 nitrogen and oxygen atoms in total. The van der Waals surface area contributed by atoms with Crippen molar-refractivity contribution in [3.05, 3.63) is 93.5 Å². The van der Waals surface area contributed by atoms with Crippen molar-refractivity contribution in [1.29, 1.82) is 0 Å². The summed E-state index contributed by atoms with van der Waals surface area (Å²) < 4.78 is 5.23. The molecule has 29 heavy (non-hydrogen) atoms. The van der Waals surface area contributed by atoms with Gasteiger partial charge in [-0.25, -0.2) is 4.79 Å². The van der Waals surface area contributed by atoms with Gasteiger partial charge in [-0.15, -0.1) is 0 Å². The minimum absolute atomic E-state index is 0.0993. The maximum atomic E-state index is 12.5. The summed E-state index contributed by atoms with van der Waals surface area (Å²) in [6, 6.07) is 19.1. The van der Waals surface area contributed by atoms with Gasteiger partial charge >= 0.3 is 5.63 Å². The highest BCUT2D eigenvalue weighted by atomic mass is 16.4. The number of hydrogen-bond donors (Lipinski definition) is 2. The molecule has 5 heteroatoms. The smallest absolute Gasteiger partial charge is 0.348 e. The van der Waals surface area contributed by atoms with E-state index in [4.69, 9.17) is 9.41 Å². The summed E-state index contributed by atoms with van der Waals surface area (Å²) in [7, 11) is 0. The van der Waals surface area contributed by atoms with E-state index in [0.717, 1.165) is 22.5 Å². The van der Waals surface area contributed by atoms with Crippen LogP contribution in [0.2, 0.25) is 0 Å². The van der Waals surface area contributed by atoms with Gasteiger partial charge in [-0.2, -0.15) is 0 Å². The first-order valence-corrected chi connectivity index (χ1v) is 9.52. The summed E-state index contributed by atoms with van der Waals surface area (Å²) in [6.45, 7) is 3.68. The lowest BCUT2D eigenvalue weighted by molar-refractivity contribution is 0.432. The zero-order chi connectivity index (χ0) is 20.4. The van der Waals surface area contributed by atoms with Crippen LogP contribution in [-0.2, 0) is 0 Å². The van der Waals surface area contributed by atoms with Crippen LogP contribution < -0.4 is 10.9 Å². The highest BCUT2D eigenvalue weighted by Crippen LogP contribution is 2.33. The van der Waals surface area contributed by atoms with Gasteiger partial charge < -0.3 is 14.8 Å². The molecule has 0 spiro atoms. The molecular formula is C24H22N2O3. The molecule has 1 aromatic heterocycles. The molecule has 1 aliphatic rings. The topological polar surface area (TPSA) is 74.8 Å². The maximum absolute atomic E-state index is 12.5. The number of anilines is 1. The van der Waals surface area contributed by atoms with E-state index < -0.39 is 5.63 Å². The molecule has 2 heterocycles. The van der Waals surface area contributed by atoms with Gasteiger partial charge in [0.15, 0.2) is 0 Å². The van der Waals surface area contributed by atoms with Gasteiger partial charge in [0, 0.05) is 12.5 Å². The SMILES string of the molecule is C/C(=C\c1ccccc1)[C@H]1CC(c2c(O)cc(C)oc2=O)=Nc2ccccc2N1. The summed E-state index contributed by atoms with van der Waals surface area (Å²) in [5, 5.41) is 14.0. The molecule has 0 aliphatic carbocycles. The fourth-order valence-corrected chi connectivity index (χ4v) is 3.52. The Morgan fingerprint density at radius 1 is 1.17 bits per heavy atom. The molecule has 2 aromatic carbocycles. The van der Waals surface area contributed by atoms with E-state index in [9.17, 15) is 9.90 Å². The number of para-hydroxylation sites is 2. The highest BCUT2D eigenvalue weighted by Gasteiger charge is 2.25. The molecule has 1 aliphatic heterocycles. The zero-order valence-corrected chi connectivity index (χ0v) is 16.3. The van der Waals surface area contributed by atoms with Crippen LogP contribution in [0.5, 0.6) is 5.75 Å². The van der Waals surface area contributed by atoms with Crippen LogP contribution in [0.25, 0.3) is 6.08 Å². The van der Waals surface area contributed by atoms with Crippen molar-refractivity contribution in [2.45, 2.75) is 26.3 Å². The summed E-state index contributed by atoms with van der Waals surface area (Å²) in [4.78, 5) is 17.2. The van der Waals surface area contributed by atoms with E-state index >= 15 is 0 Å². The molecule has 0 radical (unpaired) electrons.